The number of hydrogen-bond acceptors (Lipinski definition) is 4. The molecule has 0 atom stereocenters. The Kier molecular flexibility index (Phi) is 4.85. The lowest BCUT2D eigenvalue weighted by Gasteiger charge is -2.08. The van der Waals surface area contributed by atoms with E-state index in [4.69, 9.17) is 0 Å². The maximum absolute atomic E-state index is 12.6. The molecule has 0 unspecified atom stereocenters. The molecule has 28 heavy (non-hydrogen) atoms. The summed E-state index contributed by atoms with van der Waals surface area (Å²) < 4.78 is 1.72. The standard InChI is InChI=1S/C22H21N5O/c1-15-6-7-17(13-16(15)2)20-9-12-24-21-19(14-26-27(20)21)22(28)25-11-8-18-5-3-4-10-23-18/h3-7,9-10,12-14H,8,11H2,1-2H3,(H,25,28). The number of nitrogens with one attached hydrogen (secondary N) is 1. The van der Waals surface area contributed by atoms with Crippen LogP contribution in [0.25, 0.3) is 16.9 Å². The van der Waals surface area contributed by atoms with Gasteiger partial charge in [-0.2, -0.15) is 5.10 Å². The van der Waals surface area contributed by atoms with Crippen molar-refractivity contribution in [2.24, 2.45) is 0 Å². The van der Waals surface area contributed by atoms with Crippen LogP contribution in [-0.4, -0.2) is 32.0 Å². The molecule has 0 aliphatic rings. The van der Waals surface area contributed by atoms with Gasteiger partial charge >= 0.3 is 0 Å². The van der Waals surface area contributed by atoms with Crippen LogP contribution in [0.4, 0.5) is 0 Å². The summed E-state index contributed by atoms with van der Waals surface area (Å²) in [6.07, 6.45) is 5.71. The van der Waals surface area contributed by atoms with E-state index in [2.05, 4.69) is 52.4 Å². The number of amides is 1. The molecule has 1 N–H and O–H groups in total. The highest BCUT2D eigenvalue weighted by atomic mass is 16.1. The third-order valence-electron chi connectivity index (χ3n) is 4.84. The Balaban J connectivity index is 1.57. The molecule has 4 aromatic rings. The van der Waals surface area contributed by atoms with Crippen molar-refractivity contribution in [2.75, 3.05) is 6.54 Å². The predicted molar refractivity (Wildman–Crippen MR) is 108 cm³/mol. The molecule has 3 aromatic heterocycles. The SMILES string of the molecule is Cc1ccc(-c2ccnc3c(C(=O)NCCc4ccccn4)cnn23)cc1C. The minimum atomic E-state index is -0.185. The third kappa shape index (κ3) is 3.49. The van der Waals surface area contributed by atoms with Gasteiger partial charge in [-0.05, 0) is 49.2 Å². The van der Waals surface area contributed by atoms with Crippen molar-refractivity contribution < 1.29 is 4.79 Å². The highest BCUT2D eigenvalue weighted by molar-refractivity contribution is 5.99. The highest BCUT2D eigenvalue weighted by Gasteiger charge is 2.16. The van der Waals surface area contributed by atoms with E-state index in [1.54, 1.807) is 23.1 Å². The molecular formula is C22H21N5O. The van der Waals surface area contributed by atoms with Crippen LogP contribution < -0.4 is 5.32 Å². The molecule has 4 rings (SSSR count). The zero-order valence-electron chi connectivity index (χ0n) is 15.9. The molecule has 6 heteroatoms. The first-order valence-electron chi connectivity index (χ1n) is 9.22. The van der Waals surface area contributed by atoms with Crippen molar-refractivity contribution in [3.63, 3.8) is 0 Å². The van der Waals surface area contributed by atoms with Crippen LogP contribution in [0.15, 0.2) is 61.1 Å². The fraction of sp³-hybridized carbons (Fsp3) is 0.182. The fourth-order valence-electron chi connectivity index (χ4n) is 3.12. The molecular weight excluding hydrogens is 350 g/mol. The summed E-state index contributed by atoms with van der Waals surface area (Å²) in [4.78, 5) is 21.3. The first-order valence-corrected chi connectivity index (χ1v) is 9.22. The Morgan fingerprint density at radius 1 is 1.04 bits per heavy atom. The van der Waals surface area contributed by atoms with Gasteiger partial charge in [0.25, 0.3) is 5.91 Å². The highest BCUT2D eigenvalue weighted by Crippen LogP contribution is 2.23. The third-order valence-corrected chi connectivity index (χ3v) is 4.84. The molecule has 0 saturated carbocycles. The first kappa shape index (κ1) is 17.9. The van der Waals surface area contributed by atoms with Crippen LogP contribution in [0, 0.1) is 13.8 Å². The molecule has 0 spiro atoms. The Morgan fingerprint density at radius 2 is 1.93 bits per heavy atom. The summed E-state index contributed by atoms with van der Waals surface area (Å²) in [5.74, 6) is -0.185. The van der Waals surface area contributed by atoms with Crippen LogP contribution in [-0.2, 0) is 6.42 Å². The maximum Gasteiger partial charge on any atom is 0.256 e. The summed E-state index contributed by atoms with van der Waals surface area (Å²) in [6.45, 7) is 4.67. The normalized spacial score (nSPS) is 10.9. The molecule has 140 valence electrons. The summed E-state index contributed by atoms with van der Waals surface area (Å²) in [5.41, 5.74) is 6.35. The lowest BCUT2D eigenvalue weighted by molar-refractivity contribution is 0.0955. The minimum absolute atomic E-state index is 0.185. The van der Waals surface area contributed by atoms with E-state index in [9.17, 15) is 4.79 Å². The number of carbonyl (C=O) groups excluding carboxylic acids is 1. The second-order valence-electron chi connectivity index (χ2n) is 6.75. The molecule has 1 aromatic carbocycles. The molecule has 0 fully saturated rings. The molecule has 3 heterocycles. The smallest absolute Gasteiger partial charge is 0.256 e. The number of carbonyl (C=O) groups is 1. The van der Waals surface area contributed by atoms with Crippen LogP contribution in [0.3, 0.4) is 0 Å². The van der Waals surface area contributed by atoms with Gasteiger partial charge in [0.15, 0.2) is 5.65 Å². The Bertz CT molecular complexity index is 1130. The topological polar surface area (TPSA) is 72.2 Å². The van der Waals surface area contributed by atoms with Crippen LogP contribution >= 0.6 is 0 Å². The Hall–Kier alpha value is -3.54. The van der Waals surface area contributed by atoms with Crippen molar-refractivity contribution in [1.82, 2.24) is 24.9 Å². The fourth-order valence-corrected chi connectivity index (χ4v) is 3.12. The van der Waals surface area contributed by atoms with Gasteiger partial charge in [-0.25, -0.2) is 9.50 Å². The average molecular weight is 371 g/mol. The van der Waals surface area contributed by atoms with Crippen molar-refractivity contribution in [2.45, 2.75) is 20.3 Å². The monoisotopic (exact) mass is 371 g/mol. The number of pyridine rings is 1. The molecule has 6 nitrogen and oxygen atoms in total. The van der Waals surface area contributed by atoms with Gasteiger partial charge in [0.2, 0.25) is 0 Å². The lowest BCUT2D eigenvalue weighted by Crippen LogP contribution is -2.25. The summed E-state index contributed by atoms with van der Waals surface area (Å²) >= 11 is 0. The van der Waals surface area contributed by atoms with Gasteiger partial charge in [-0.15, -0.1) is 0 Å². The Morgan fingerprint density at radius 3 is 2.71 bits per heavy atom. The van der Waals surface area contributed by atoms with Gasteiger partial charge in [-0.1, -0.05) is 18.2 Å². The summed E-state index contributed by atoms with van der Waals surface area (Å²) in [6, 6.07) is 13.9. The zero-order valence-corrected chi connectivity index (χ0v) is 15.9. The van der Waals surface area contributed by atoms with E-state index in [0.29, 0.717) is 24.2 Å². The van der Waals surface area contributed by atoms with Gasteiger partial charge in [0.05, 0.1) is 11.9 Å². The number of aromatic nitrogens is 4. The van der Waals surface area contributed by atoms with Crippen LogP contribution in [0.5, 0.6) is 0 Å². The summed E-state index contributed by atoms with van der Waals surface area (Å²) in [5, 5.41) is 7.34. The Labute approximate surface area is 163 Å². The number of hydrogen-bond donors (Lipinski definition) is 1. The predicted octanol–water partition coefficient (Wildman–Crippen LogP) is 3.38. The largest absolute Gasteiger partial charge is 0.351 e. The second kappa shape index (κ2) is 7.60. The number of benzene rings is 1. The first-order chi connectivity index (χ1) is 13.6. The van der Waals surface area contributed by atoms with Gasteiger partial charge in [0, 0.05) is 36.6 Å². The van der Waals surface area contributed by atoms with Crippen molar-refractivity contribution in [3.05, 3.63) is 83.4 Å². The molecule has 0 radical (unpaired) electrons. The van der Waals surface area contributed by atoms with E-state index in [-0.39, 0.29) is 5.91 Å². The van der Waals surface area contributed by atoms with E-state index in [1.165, 1.54) is 11.1 Å². The molecule has 0 aliphatic carbocycles. The van der Waals surface area contributed by atoms with Gasteiger partial charge in [-0.3, -0.25) is 9.78 Å². The second-order valence-corrected chi connectivity index (χ2v) is 6.75. The molecule has 0 saturated heterocycles. The minimum Gasteiger partial charge on any atom is -0.351 e. The van der Waals surface area contributed by atoms with Crippen molar-refractivity contribution >= 4 is 11.6 Å². The number of fused-ring (bicyclic) bond motifs is 1. The number of nitrogens with zero attached hydrogens (tertiary/aromatic N) is 4. The van der Waals surface area contributed by atoms with E-state index >= 15 is 0 Å². The average Bonchev–Trinajstić information content (AvgIpc) is 3.15. The molecule has 0 bridgehead atoms. The lowest BCUT2D eigenvalue weighted by atomic mass is 10.0. The van der Waals surface area contributed by atoms with E-state index in [1.807, 2.05) is 24.3 Å². The summed E-state index contributed by atoms with van der Waals surface area (Å²) in [7, 11) is 0. The van der Waals surface area contributed by atoms with E-state index < -0.39 is 0 Å². The van der Waals surface area contributed by atoms with Gasteiger partial charge < -0.3 is 5.32 Å². The molecule has 0 aliphatic heterocycles. The van der Waals surface area contributed by atoms with Crippen molar-refractivity contribution in [1.29, 1.82) is 0 Å². The van der Waals surface area contributed by atoms with E-state index in [0.717, 1.165) is 17.0 Å². The number of rotatable bonds is 5. The number of aryl methyl sites for hydroxylation is 2. The van der Waals surface area contributed by atoms with Crippen molar-refractivity contribution in [3.8, 4) is 11.3 Å². The van der Waals surface area contributed by atoms with Crippen LogP contribution in [0.2, 0.25) is 0 Å². The maximum atomic E-state index is 12.6. The quantitative estimate of drug-likeness (QED) is 0.584. The molecule has 1 amide bonds. The van der Waals surface area contributed by atoms with Gasteiger partial charge in [0.1, 0.15) is 5.56 Å². The zero-order chi connectivity index (χ0) is 19.5. The van der Waals surface area contributed by atoms with Crippen LogP contribution in [0.1, 0.15) is 27.2 Å².